The Labute approximate surface area is 171 Å². The normalized spacial score (nSPS) is 18.0. The molecule has 1 aliphatic rings. The van der Waals surface area contributed by atoms with Crippen LogP contribution in [0.15, 0.2) is 37.1 Å². The molecule has 2 heterocycles. The highest BCUT2D eigenvalue weighted by Crippen LogP contribution is 2.28. The molecule has 0 radical (unpaired) electrons. The van der Waals surface area contributed by atoms with Gasteiger partial charge in [-0.25, -0.2) is 9.89 Å². The van der Waals surface area contributed by atoms with Crippen LogP contribution in [0.5, 0.6) is 0 Å². The van der Waals surface area contributed by atoms with Gasteiger partial charge in [-0.1, -0.05) is 27.7 Å². The number of anilines is 1. The number of rotatable bonds is 6. The standard InChI is InChI=1S/C16H18Br2N4O3S/c1-9(14(23)19-13-5-4-10(17)7-12(13)18)26-16-21-20-15(24)22(16)8-11-3-2-6-25-11/h4-5,7,9,11H,2-3,6,8H2,1H3,(H,19,23)(H,20,24). The van der Waals surface area contributed by atoms with Crippen LogP contribution in [0.1, 0.15) is 19.8 Å². The molecule has 10 heteroatoms. The summed E-state index contributed by atoms with van der Waals surface area (Å²) in [5.41, 5.74) is 0.399. The highest BCUT2D eigenvalue weighted by Gasteiger charge is 2.23. The van der Waals surface area contributed by atoms with Gasteiger partial charge in [0.1, 0.15) is 0 Å². The topological polar surface area (TPSA) is 89.0 Å². The number of ether oxygens (including phenoxy) is 1. The summed E-state index contributed by atoms with van der Waals surface area (Å²) in [6.07, 6.45) is 1.95. The van der Waals surface area contributed by atoms with Gasteiger partial charge in [0.05, 0.1) is 23.6 Å². The number of thioether (sulfide) groups is 1. The van der Waals surface area contributed by atoms with Gasteiger partial charge < -0.3 is 10.1 Å². The largest absolute Gasteiger partial charge is 0.376 e. The van der Waals surface area contributed by atoms with Crippen LogP contribution in [-0.2, 0) is 16.1 Å². The zero-order valence-electron chi connectivity index (χ0n) is 14.0. The Balaban J connectivity index is 1.66. The lowest BCUT2D eigenvalue weighted by atomic mass is 10.2. The van der Waals surface area contributed by atoms with Crippen LogP contribution in [0.25, 0.3) is 0 Å². The van der Waals surface area contributed by atoms with E-state index in [-0.39, 0.29) is 17.7 Å². The first kappa shape index (κ1) is 19.7. The fourth-order valence-corrected chi connectivity index (χ4v) is 4.59. The summed E-state index contributed by atoms with van der Waals surface area (Å²) in [6, 6.07) is 5.52. The first-order chi connectivity index (χ1) is 12.4. The predicted molar refractivity (Wildman–Crippen MR) is 108 cm³/mol. The van der Waals surface area contributed by atoms with E-state index in [0.29, 0.717) is 17.4 Å². The number of aromatic nitrogens is 3. The van der Waals surface area contributed by atoms with E-state index in [1.807, 2.05) is 18.2 Å². The number of H-pyrrole nitrogens is 1. The van der Waals surface area contributed by atoms with E-state index in [0.717, 1.165) is 28.4 Å². The molecular weight excluding hydrogens is 488 g/mol. The van der Waals surface area contributed by atoms with Crippen molar-refractivity contribution >= 4 is 55.2 Å². The van der Waals surface area contributed by atoms with Gasteiger partial charge in [-0.05, 0) is 53.9 Å². The molecule has 0 aliphatic carbocycles. The Morgan fingerprint density at radius 2 is 2.35 bits per heavy atom. The van der Waals surface area contributed by atoms with Crippen LogP contribution < -0.4 is 11.0 Å². The molecule has 1 fully saturated rings. The number of halogens is 2. The monoisotopic (exact) mass is 504 g/mol. The Bertz CT molecular complexity index is 848. The summed E-state index contributed by atoms with van der Waals surface area (Å²) in [5.74, 6) is -0.169. The Hall–Kier alpha value is -1.10. The van der Waals surface area contributed by atoms with E-state index in [1.54, 1.807) is 11.5 Å². The maximum atomic E-state index is 12.5. The number of nitrogens with zero attached hydrogens (tertiary/aromatic N) is 2. The lowest BCUT2D eigenvalue weighted by Gasteiger charge is -2.14. The first-order valence-electron chi connectivity index (χ1n) is 8.13. The average molecular weight is 506 g/mol. The van der Waals surface area contributed by atoms with Gasteiger partial charge in [-0.3, -0.25) is 9.36 Å². The molecule has 0 spiro atoms. The van der Waals surface area contributed by atoms with Crippen molar-refractivity contribution in [3.63, 3.8) is 0 Å². The number of carbonyl (C=O) groups excluding carboxylic acids is 1. The predicted octanol–water partition coefficient (Wildman–Crippen LogP) is 3.39. The molecule has 2 aromatic rings. The summed E-state index contributed by atoms with van der Waals surface area (Å²) in [5, 5.41) is 9.45. The number of hydrogen-bond donors (Lipinski definition) is 2. The molecule has 1 aromatic carbocycles. The smallest absolute Gasteiger partial charge is 0.344 e. The zero-order valence-corrected chi connectivity index (χ0v) is 18.0. The maximum Gasteiger partial charge on any atom is 0.344 e. The van der Waals surface area contributed by atoms with Gasteiger partial charge in [0, 0.05) is 15.6 Å². The Morgan fingerprint density at radius 1 is 1.54 bits per heavy atom. The quantitative estimate of drug-likeness (QED) is 0.587. The van der Waals surface area contributed by atoms with Crippen molar-refractivity contribution in [1.29, 1.82) is 0 Å². The second-order valence-electron chi connectivity index (χ2n) is 5.93. The third kappa shape index (κ3) is 4.79. The highest BCUT2D eigenvalue weighted by atomic mass is 79.9. The molecule has 1 aromatic heterocycles. The molecule has 140 valence electrons. The van der Waals surface area contributed by atoms with Crippen molar-refractivity contribution < 1.29 is 9.53 Å². The average Bonchev–Trinajstić information content (AvgIpc) is 3.22. The third-order valence-corrected chi connectivity index (χ3v) is 6.21. The third-order valence-electron chi connectivity index (χ3n) is 3.97. The van der Waals surface area contributed by atoms with Crippen molar-refractivity contribution in [3.8, 4) is 0 Å². The van der Waals surface area contributed by atoms with Crippen molar-refractivity contribution in [1.82, 2.24) is 14.8 Å². The van der Waals surface area contributed by atoms with Gasteiger partial charge in [0.2, 0.25) is 5.91 Å². The second kappa shape index (κ2) is 8.73. The number of nitrogens with one attached hydrogen (secondary N) is 2. The van der Waals surface area contributed by atoms with Crippen LogP contribution in [0.2, 0.25) is 0 Å². The molecule has 1 saturated heterocycles. The summed E-state index contributed by atoms with van der Waals surface area (Å²) < 4.78 is 8.83. The summed E-state index contributed by atoms with van der Waals surface area (Å²) in [4.78, 5) is 24.5. The molecule has 2 atom stereocenters. The van der Waals surface area contributed by atoms with E-state index in [1.165, 1.54) is 11.8 Å². The SMILES string of the molecule is CC(Sc1n[nH]c(=O)n1CC1CCCO1)C(=O)Nc1ccc(Br)cc1Br. The van der Waals surface area contributed by atoms with Crippen molar-refractivity contribution in [2.24, 2.45) is 0 Å². The van der Waals surface area contributed by atoms with E-state index >= 15 is 0 Å². The summed E-state index contributed by atoms with van der Waals surface area (Å²) in [6.45, 7) is 2.95. The fourth-order valence-electron chi connectivity index (χ4n) is 2.58. The molecule has 2 unspecified atom stereocenters. The minimum Gasteiger partial charge on any atom is -0.376 e. The summed E-state index contributed by atoms with van der Waals surface area (Å²) in [7, 11) is 0. The molecule has 26 heavy (non-hydrogen) atoms. The Kier molecular flexibility index (Phi) is 6.60. The zero-order chi connectivity index (χ0) is 18.7. The van der Waals surface area contributed by atoms with Crippen molar-refractivity contribution in [2.75, 3.05) is 11.9 Å². The van der Waals surface area contributed by atoms with E-state index in [2.05, 4.69) is 47.4 Å². The van der Waals surface area contributed by atoms with Gasteiger partial charge in [-0.15, -0.1) is 5.10 Å². The minimum absolute atomic E-state index is 0.0208. The van der Waals surface area contributed by atoms with Gasteiger partial charge in [0.25, 0.3) is 0 Å². The molecule has 1 aliphatic heterocycles. The van der Waals surface area contributed by atoms with Crippen LogP contribution in [0, 0.1) is 0 Å². The number of hydrogen-bond acceptors (Lipinski definition) is 5. The molecule has 0 saturated carbocycles. The minimum atomic E-state index is -0.427. The fraction of sp³-hybridized carbons (Fsp3) is 0.438. The summed E-state index contributed by atoms with van der Waals surface area (Å²) >= 11 is 8.05. The van der Waals surface area contributed by atoms with Crippen LogP contribution in [-0.4, -0.2) is 38.6 Å². The van der Waals surface area contributed by atoms with E-state index in [9.17, 15) is 9.59 Å². The van der Waals surface area contributed by atoms with Crippen molar-refractivity contribution in [3.05, 3.63) is 37.6 Å². The first-order valence-corrected chi connectivity index (χ1v) is 10.6. The highest BCUT2D eigenvalue weighted by molar-refractivity contribution is 9.11. The molecular formula is C16H18Br2N4O3S. The van der Waals surface area contributed by atoms with Crippen LogP contribution in [0.4, 0.5) is 5.69 Å². The number of amides is 1. The number of benzene rings is 1. The van der Waals surface area contributed by atoms with Gasteiger partial charge in [-0.2, -0.15) is 0 Å². The molecule has 7 nitrogen and oxygen atoms in total. The van der Waals surface area contributed by atoms with Gasteiger partial charge in [0.15, 0.2) is 5.16 Å². The number of carbonyl (C=O) groups is 1. The Morgan fingerprint density at radius 3 is 3.04 bits per heavy atom. The van der Waals surface area contributed by atoms with Crippen LogP contribution >= 0.6 is 43.6 Å². The molecule has 0 bridgehead atoms. The lowest BCUT2D eigenvalue weighted by molar-refractivity contribution is -0.115. The molecule has 2 N–H and O–H groups in total. The molecule has 1 amide bonds. The lowest BCUT2D eigenvalue weighted by Crippen LogP contribution is -2.27. The van der Waals surface area contributed by atoms with E-state index in [4.69, 9.17) is 4.74 Å². The maximum absolute atomic E-state index is 12.5. The van der Waals surface area contributed by atoms with Crippen LogP contribution in [0.3, 0.4) is 0 Å². The molecule has 3 rings (SSSR count). The van der Waals surface area contributed by atoms with Gasteiger partial charge >= 0.3 is 5.69 Å². The second-order valence-corrected chi connectivity index (χ2v) is 9.01. The van der Waals surface area contributed by atoms with Crippen molar-refractivity contribution in [2.45, 2.75) is 42.8 Å². The number of aromatic amines is 1. The van der Waals surface area contributed by atoms with E-state index < -0.39 is 5.25 Å².